The maximum atomic E-state index is 10.6. The van der Waals surface area contributed by atoms with Gasteiger partial charge < -0.3 is 10.0 Å². The summed E-state index contributed by atoms with van der Waals surface area (Å²) in [7, 11) is 1.98. The average molecular weight is 212 g/mol. The van der Waals surface area contributed by atoms with Crippen LogP contribution >= 0.6 is 11.3 Å². The summed E-state index contributed by atoms with van der Waals surface area (Å²) in [4.78, 5) is 16.8. The van der Waals surface area contributed by atoms with Crippen LogP contribution in [0.1, 0.15) is 29.8 Å². The topological polar surface area (TPSA) is 53.4 Å². The molecule has 0 saturated heterocycles. The average Bonchev–Trinajstić information content (AvgIpc) is 2.48. The Bertz CT molecular complexity index is 346. The van der Waals surface area contributed by atoms with E-state index in [1.807, 2.05) is 7.05 Å². The van der Waals surface area contributed by atoms with Crippen molar-refractivity contribution in [1.82, 2.24) is 4.98 Å². The molecule has 4 nitrogen and oxygen atoms in total. The summed E-state index contributed by atoms with van der Waals surface area (Å²) >= 11 is 1.40. The molecule has 0 unspecified atom stereocenters. The predicted octanol–water partition coefficient (Wildman–Crippen LogP) is 1.83. The van der Waals surface area contributed by atoms with E-state index < -0.39 is 5.97 Å². The Labute approximate surface area is 86.2 Å². The molecule has 1 aliphatic carbocycles. The summed E-state index contributed by atoms with van der Waals surface area (Å²) in [6.45, 7) is 0. The Hall–Kier alpha value is -1.10. The third kappa shape index (κ3) is 1.59. The second kappa shape index (κ2) is 3.57. The maximum Gasteiger partial charge on any atom is 0.355 e. The Balaban J connectivity index is 2.11. The van der Waals surface area contributed by atoms with Crippen LogP contribution in [0.3, 0.4) is 0 Å². The van der Waals surface area contributed by atoms with Crippen molar-refractivity contribution in [2.45, 2.75) is 25.3 Å². The molecule has 76 valence electrons. The number of aromatic nitrogens is 1. The highest BCUT2D eigenvalue weighted by atomic mass is 32.1. The van der Waals surface area contributed by atoms with Gasteiger partial charge in [0.05, 0.1) is 0 Å². The summed E-state index contributed by atoms with van der Waals surface area (Å²) in [5.74, 6) is -0.950. The van der Waals surface area contributed by atoms with Gasteiger partial charge in [-0.05, 0) is 19.3 Å². The van der Waals surface area contributed by atoms with Crippen molar-refractivity contribution in [2.24, 2.45) is 0 Å². The summed E-state index contributed by atoms with van der Waals surface area (Å²) in [6, 6.07) is 0.558. The zero-order valence-electron chi connectivity index (χ0n) is 7.93. The molecular weight excluding hydrogens is 200 g/mol. The number of carboxylic acids is 1. The van der Waals surface area contributed by atoms with E-state index in [2.05, 4.69) is 9.88 Å². The van der Waals surface area contributed by atoms with Crippen LogP contribution in [0.2, 0.25) is 0 Å². The number of nitrogens with zero attached hydrogens (tertiary/aromatic N) is 2. The first kappa shape index (κ1) is 9.45. The molecule has 0 aliphatic heterocycles. The number of carboxylic acid groups (broad SMARTS) is 1. The lowest BCUT2D eigenvalue weighted by Crippen LogP contribution is -2.37. The molecule has 14 heavy (non-hydrogen) atoms. The molecule has 1 saturated carbocycles. The Kier molecular flexibility index (Phi) is 2.41. The van der Waals surface area contributed by atoms with Gasteiger partial charge in [-0.2, -0.15) is 0 Å². The summed E-state index contributed by atoms with van der Waals surface area (Å²) in [5.41, 5.74) is 0.149. The fourth-order valence-electron chi connectivity index (χ4n) is 1.45. The predicted molar refractivity (Wildman–Crippen MR) is 55.1 cm³/mol. The highest BCUT2D eigenvalue weighted by Gasteiger charge is 2.24. The highest BCUT2D eigenvalue weighted by Crippen LogP contribution is 2.29. The van der Waals surface area contributed by atoms with Gasteiger partial charge >= 0.3 is 5.97 Å². The van der Waals surface area contributed by atoms with E-state index in [-0.39, 0.29) is 5.69 Å². The van der Waals surface area contributed by atoms with Crippen molar-refractivity contribution >= 4 is 22.4 Å². The van der Waals surface area contributed by atoms with E-state index in [1.54, 1.807) is 5.38 Å². The fourth-order valence-corrected chi connectivity index (χ4v) is 2.29. The molecule has 0 bridgehead atoms. The molecule has 1 aliphatic rings. The normalized spacial score (nSPS) is 16.4. The first-order valence-corrected chi connectivity index (χ1v) is 5.48. The lowest BCUT2D eigenvalue weighted by molar-refractivity contribution is 0.0691. The van der Waals surface area contributed by atoms with E-state index >= 15 is 0 Å². The van der Waals surface area contributed by atoms with Crippen LogP contribution in [-0.4, -0.2) is 29.1 Å². The second-order valence-corrected chi connectivity index (χ2v) is 4.35. The number of hydrogen-bond acceptors (Lipinski definition) is 4. The standard InChI is InChI=1S/C9H12N2O2S/c1-11(6-3-2-4-6)9-10-7(5-14-9)8(12)13/h5-6H,2-4H2,1H3,(H,12,13). The van der Waals surface area contributed by atoms with Gasteiger partial charge in [0, 0.05) is 18.5 Å². The number of aromatic carboxylic acids is 1. The van der Waals surface area contributed by atoms with Gasteiger partial charge in [0.15, 0.2) is 10.8 Å². The monoisotopic (exact) mass is 212 g/mol. The van der Waals surface area contributed by atoms with Crippen molar-refractivity contribution in [3.8, 4) is 0 Å². The minimum atomic E-state index is -0.950. The van der Waals surface area contributed by atoms with Crippen molar-refractivity contribution in [1.29, 1.82) is 0 Å². The maximum absolute atomic E-state index is 10.6. The summed E-state index contributed by atoms with van der Waals surface area (Å²) < 4.78 is 0. The van der Waals surface area contributed by atoms with E-state index in [4.69, 9.17) is 5.11 Å². The van der Waals surface area contributed by atoms with Crippen LogP contribution in [0.5, 0.6) is 0 Å². The Morgan fingerprint density at radius 1 is 1.71 bits per heavy atom. The van der Waals surface area contributed by atoms with Crippen LogP contribution in [0.25, 0.3) is 0 Å². The van der Waals surface area contributed by atoms with Gasteiger partial charge in [0.1, 0.15) is 0 Å². The van der Waals surface area contributed by atoms with Gasteiger partial charge in [0.25, 0.3) is 0 Å². The van der Waals surface area contributed by atoms with E-state index in [0.29, 0.717) is 6.04 Å². The largest absolute Gasteiger partial charge is 0.476 e. The molecule has 0 radical (unpaired) electrons. The first-order valence-electron chi connectivity index (χ1n) is 4.60. The van der Waals surface area contributed by atoms with Gasteiger partial charge in [0.2, 0.25) is 0 Å². The van der Waals surface area contributed by atoms with Gasteiger partial charge in [-0.1, -0.05) is 0 Å². The number of hydrogen-bond donors (Lipinski definition) is 1. The molecule has 5 heteroatoms. The molecule has 1 N–H and O–H groups in total. The number of rotatable bonds is 3. The van der Waals surface area contributed by atoms with E-state index in [1.165, 1.54) is 30.6 Å². The molecule has 1 aromatic rings. The molecule has 0 aromatic carbocycles. The summed E-state index contributed by atoms with van der Waals surface area (Å²) in [6.07, 6.45) is 3.66. The lowest BCUT2D eigenvalue weighted by atomic mass is 9.92. The molecule has 0 spiro atoms. The summed E-state index contributed by atoms with van der Waals surface area (Å²) in [5, 5.41) is 11.1. The molecular formula is C9H12N2O2S. The van der Waals surface area contributed by atoms with Crippen molar-refractivity contribution in [3.05, 3.63) is 11.1 Å². The van der Waals surface area contributed by atoms with Crippen molar-refractivity contribution in [2.75, 3.05) is 11.9 Å². The number of thiazole rings is 1. The molecule has 1 fully saturated rings. The van der Waals surface area contributed by atoms with E-state index in [0.717, 1.165) is 5.13 Å². The van der Waals surface area contributed by atoms with Gasteiger partial charge in [-0.3, -0.25) is 0 Å². The molecule has 0 amide bonds. The fraction of sp³-hybridized carbons (Fsp3) is 0.556. The van der Waals surface area contributed by atoms with Crippen molar-refractivity contribution in [3.63, 3.8) is 0 Å². The number of carbonyl (C=O) groups is 1. The first-order chi connectivity index (χ1) is 6.68. The van der Waals surface area contributed by atoms with Crippen molar-refractivity contribution < 1.29 is 9.90 Å². The SMILES string of the molecule is CN(c1nc(C(=O)O)cs1)C1CCC1. The number of anilines is 1. The van der Waals surface area contributed by atoms with Crippen LogP contribution < -0.4 is 4.90 Å². The third-order valence-corrected chi connectivity index (χ3v) is 3.57. The quantitative estimate of drug-likeness (QED) is 0.830. The van der Waals surface area contributed by atoms with E-state index in [9.17, 15) is 4.79 Å². The zero-order valence-corrected chi connectivity index (χ0v) is 8.75. The lowest BCUT2D eigenvalue weighted by Gasteiger charge is -2.34. The molecule has 2 rings (SSSR count). The zero-order chi connectivity index (χ0) is 10.1. The van der Waals surface area contributed by atoms with Crippen LogP contribution in [-0.2, 0) is 0 Å². The highest BCUT2D eigenvalue weighted by molar-refractivity contribution is 7.13. The minimum Gasteiger partial charge on any atom is -0.476 e. The molecule has 1 aromatic heterocycles. The smallest absolute Gasteiger partial charge is 0.355 e. The third-order valence-electron chi connectivity index (χ3n) is 2.64. The van der Waals surface area contributed by atoms with Gasteiger partial charge in [-0.15, -0.1) is 11.3 Å². The minimum absolute atomic E-state index is 0.149. The van der Waals surface area contributed by atoms with Crippen LogP contribution in [0.4, 0.5) is 5.13 Å². The van der Waals surface area contributed by atoms with Gasteiger partial charge in [-0.25, -0.2) is 9.78 Å². The molecule has 0 atom stereocenters. The van der Waals surface area contributed by atoms with Crippen LogP contribution in [0.15, 0.2) is 5.38 Å². The van der Waals surface area contributed by atoms with Crippen LogP contribution in [0, 0.1) is 0 Å². The molecule has 1 heterocycles. The Morgan fingerprint density at radius 2 is 2.43 bits per heavy atom. The second-order valence-electron chi connectivity index (χ2n) is 3.52. The Morgan fingerprint density at radius 3 is 2.86 bits per heavy atom.